The quantitative estimate of drug-likeness (QED) is 0.415. The number of nitrogens with zero attached hydrogens (tertiary/aromatic N) is 3. The van der Waals surface area contributed by atoms with Crippen LogP contribution >= 0.6 is 0 Å². The number of imidazole rings is 1. The van der Waals surface area contributed by atoms with Crippen molar-refractivity contribution in [3.8, 4) is 22.9 Å². The van der Waals surface area contributed by atoms with Crippen LogP contribution in [0.2, 0.25) is 0 Å². The highest BCUT2D eigenvalue weighted by Crippen LogP contribution is 2.31. The van der Waals surface area contributed by atoms with E-state index in [-0.39, 0.29) is 0 Å². The van der Waals surface area contributed by atoms with E-state index < -0.39 is 0 Å². The van der Waals surface area contributed by atoms with Crippen LogP contribution in [-0.4, -0.2) is 32.9 Å². The molecule has 0 aliphatic carbocycles. The van der Waals surface area contributed by atoms with Gasteiger partial charge in [0.05, 0.1) is 5.69 Å². The molecule has 5 nitrogen and oxygen atoms in total. The fraction of sp³-hybridized carbons (Fsp3) is 0.259. The van der Waals surface area contributed by atoms with Crippen LogP contribution in [0.5, 0.6) is 11.6 Å². The average Bonchev–Trinajstić information content (AvgIpc) is 3.23. The molecule has 0 atom stereocenters. The van der Waals surface area contributed by atoms with Crippen molar-refractivity contribution in [2.45, 2.75) is 32.2 Å². The van der Waals surface area contributed by atoms with Crippen molar-refractivity contribution in [1.29, 1.82) is 0 Å². The number of hydrogen-bond acceptors (Lipinski definition) is 4. The second-order valence-corrected chi connectivity index (χ2v) is 8.43. The molecule has 0 unspecified atom stereocenters. The summed E-state index contributed by atoms with van der Waals surface area (Å²) < 4.78 is 5.81. The first-order valence-electron chi connectivity index (χ1n) is 11.3. The van der Waals surface area contributed by atoms with Crippen LogP contribution in [0.3, 0.4) is 0 Å². The Morgan fingerprint density at radius 1 is 0.938 bits per heavy atom. The minimum atomic E-state index is 0.475. The molecule has 0 radical (unpaired) electrons. The maximum Gasteiger partial charge on any atom is 0.219 e. The van der Waals surface area contributed by atoms with Crippen LogP contribution in [0.4, 0.5) is 0 Å². The lowest BCUT2D eigenvalue weighted by Crippen LogP contribution is -2.32. The van der Waals surface area contributed by atoms with E-state index in [1.54, 1.807) is 0 Å². The van der Waals surface area contributed by atoms with Gasteiger partial charge in [0, 0.05) is 36.0 Å². The first kappa shape index (κ1) is 20.5. The molecule has 5 heteroatoms. The van der Waals surface area contributed by atoms with Gasteiger partial charge in [-0.1, -0.05) is 48.5 Å². The Kier molecular flexibility index (Phi) is 5.99. The van der Waals surface area contributed by atoms with Crippen LogP contribution < -0.4 is 4.74 Å². The highest BCUT2D eigenvalue weighted by Gasteiger charge is 2.24. The van der Waals surface area contributed by atoms with Gasteiger partial charge in [0.1, 0.15) is 11.6 Å². The summed E-state index contributed by atoms with van der Waals surface area (Å²) in [6, 6.07) is 24.4. The molecule has 2 aromatic carbocycles. The minimum absolute atomic E-state index is 0.475. The molecule has 0 amide bonds. The van der Waals surface area contributed by atoms with Gasteiger partial charge >= 0.3 is 0 Å². The molecule has 0 bridgehead atoms. The lowest BCUT2D eigenvalue weighted by molar-refractivity contribution is 0.202. The highest BCUT2D eigenvalue weighted by molar-refractivity contribution is 5.61. The van der Waals surface area contributed by atoms with Crippen LogP contribution in [0.15, 0.2) is 79.0 Å². The number of pyridine rings is 1. The van der Waals surface area contributed by atoms with Gasteiger partial charge in [-0.3, -0.25) is 4.90 Å². The Morgan fingerprint density at radius 2 is 1.66 bits per heavy atom. The molecular weight excluding hydrogens is 396 g/mol. The van der Waals surface area contributed by atoms with Crippen molar-refractivity contribution in [1.82, 2.24) is 19.9 Å². The first-order chi connectivity index (χ1) is 15.7. The monoisotopic (exact) mass is 424 g/mol. The molecular formula is C27H28N4O. The third-order valence-corrected chi connectivity index (χ3v) is 6.10. The smallest absolute Gasteiger partial charge is 0.219 e. The Labute approximate surface area is 189 Å². The van der Waals surface area contributed by atoms with E-state index >= 15 is 0 Å². The number of rotatable bonds is 6. The lowest BCUT2D eigenvalue weighted by atomic mass is 9.96. The Hall–Kier alpha value is -3.44. The molecule has 1 N–H and O–H groups in total. The summed E-state index contributed by atoms with van der Waals surface area (Å²) in [4.78, 5) is 15.5. The van der Waals surface area contributed by atoms with Gasteiger partial charge in [-0.05, 0) is 56.6 Å². The number of nitrogens with one attached hydrogen (secondary N) is 1. The molecule has 0 spiro atoms. The maximum absolute atomic E-state index is 5.81. The Morgan fingerprint density at radius 3 is 2.34 bits per heavy atom. The number of aromatic amines is 1. The second-order valence-electron chi connectivity index (χ2n) is 8.43. The van der Waals surface area contributed by atoms with Crippen LogP contribution in [-0.2, 0) is 6.54 Å². The van der Waals surface area contributed by atoms with Crippen LogP contribution in [0.25, 0.3) is 11.3 Å². The second kappa shape index (κ2) is 9.37. The average molecular weight is 425 g/mol. The Bertz CT molecular complexity index is 1130. The summed E-state index contributed by atoms with van der Waals surface area (Å²) in [7, 11) is 0. The van der Waals surface area contributed by atoms with Gasteiger partial charge < -0.3 is 9.72 Å². The van der Waals surface area contributed by atoms with Crippen molar-refractivity contribution in [2.24, 2.45) is 0 Å². The van der Waals surface area contributed by atoms with Crippen LogP contribution in [0.1, 0.15) is 35.8 Å². The van der Waals surface area contributed by atoms with Crippen LogP contribution in [0, 0.1) is 6.92 Å². The number of hydrogen-bond donors (Lipinski definition) is 1. The van der Waals surface area contributed by atoms with Gasteiger partial charge in [0.25, 0.3) is 0 Å². The van der Waals surface area contributed by atoms with E-state index in [0.29, 0.717) is 11.8 Å². The molecule has 1 saturated heterocycles. The minimum Gasteiger partial charge on any atom is -0.439 e. The zero-order valence-corrected chi connectivity index (χ0v) is 18.4. The predicted octanol–water partition coefficient (Wildman–Crippen LogP) is 5.95. The summed E-state index contributed by atoms with van der Waals surface area (Å²) >= 11 is 0. The molecule has 1 fully saturated rings. The van der Waals surface area contributed by atoms with E-state index in [9.17, 15) is 0 Å². The normalized spacial score (nSPS) is 15.0. The number of aromatic nitrogens is 3. The molecule has 5 rings (SSSR count). The summed E-state index contributed by atoms with van der Waals surface area (Å²) in [5.74, 6) is 2.94. The molecule has 32 heavy (non-hydrogen) atoms. The third kappa shape index (κ3) is 4.73. The number of ether oxygens (including phenoxy) is 1. The summed E-state index contributed by atoms with van der Waals surface area (Å²) in [5, 5.41) is 0. The number of H-pyrrole nitrogens is 1. The van der Waals surface area contributed by atoms with Crippen molar-refractivity contribution in [2.75, 3.05) is 13.1 Å². The van der Waals surface area contributed by atoms with E-state index in [0.717, 1.165) is 61.0 Å². The zero-order valence-electron chi connectivity index (χ0n) is 18.4. The van der Waals surface area contributed by atoms with E-state index in [4.69, 9.17) is 9.72 Å². The topological polar surface area (TPSA) is 54.0 Å². The largest absolute Gasteiger partial charge is 0.439 e. The SMILES string of the molecule is Cc1[nH]c(C2CCN(Cc3ccccc3)CC2)nc1-c1ccc(Oc2ccccc2)nc1. The molecule has 162 valence electrons. The number of benzene rings is 2. The van der Waals surface area contributed by atoms with E-state index in [1.807, 2.05) is 48.7 Å². The van der Waals surface area contributed by atoms with Gasteiger partial charge in [0.15, 0.2) is 0 Å². The molecule has 4 aromatic rings. The fourth-order valence-corrected chi connectivity index (χ4v) is 4.35. The van der Waals surface area contributed by atoms with Crippen molar-refractivity contribution >= 4 is 0 Å². The summed E-state index contributed by atoms with van der Waals surface area (Å²) in [6.45, 7) is 5.31. The third-order valence-electron chi connectivity index (χ3n) is 6.10. The van der Waals surface area contributed by atoms with Crippen molar-refractivity contribution < 1.29 is 4.74 Å². The van der Waals surface area contributed by atoms with E-state index in [2.05, 4.69) is 52.1 Å². The highest BCUT2D eigenvalue weighted by atomic mass is 16.5. The number of likely N-dealkylation sites (tertiary alicyclic amines) is 1. The van der Waals surface area contributed by atoms with Gasteiger partial charge in [-0.25, -0.2) is 9.97 Å². The van der Waals surface area contributed by atoms with Gasteiger partial charge in [-0.2, -0.15) is 0 Å². The lowest BCUT2D eigenvalue weighted by Gasteiger charge is -2.31. The summed E-state index contributed by atoms with van der Waals surface area (Å²) in [6.07, 6.45) is 4.09. The fourth-order valence-electron chi connectivity index (χ4n) is 4.35. The summed E-state index contributed by atoms with van der Waals surface area (Å²) in [5.41, 5.74) is 4.46. The Balaban J connectivity index is 1.22. The molecule has 1 aliphatic heterocycles. The zero-order chi connectivity index (χ0) is 21.8. The van der Waals surface area contributed by atoms with Gasteiger partial charge in [-0.15, -0.1) is 0 Å². The predicted molar refractivity (Wildman–Crippen MR) is 127 cm³/mol. The van der Waals surface area contributed by atoms with E-state index in [1.165, 1.54) is 5.56 Å². The molecule has 1 aliphatic rings. The maximum atomic E-state index is 5.81. The number of piperidine rings is 1. The first-order valence-corrected chi connectivity index (χ1v) is 11.3. The van der Waals surface area contributed by atoms with Gasteiger partial charge in [0.2, 0.25) is 5.88 Å². The van der Waals surface area contributed by atoms with Crippen molar-refractivity contribution in [3.05, 3.63) is 96.1 Å². The molecule has 0 saturated carbocycles. The number of para-hydroxylation sites is 1. The molecule has 2 aromatic heterocycles. The number of aryl methyl sites for hydroxylation is 1. The van der Waals surface area contributed by atoms with Crippen molar-refractivity contribution in [3.63, 3.8) is 0 Å². The molecule has 3 heterocycles. The standard InChI is InChI=1S/C27H28N4O/c1-20-26(23-12-13-25(28-18-23)32-24-10-6-3-7-11-24)30-27(29-20)22-14-16-31(17-15-22)19-21-8-4-2-5-9-21/h2-13,18,22H,14-17,19H2,1H3,(H,29,30).